The predicted octanol–water partition coefficient (Wildman–Crippen LogP) is 2.77. The lowest BCUT2D eigenvalue weighted by Gasteiger charge is -2.09. The van der Waals surface area contributed by atoms with Gasteiger partial charge in [0, 0.05) is 0 Å². The van der Waals surface area contributed by atoms with Crippen molar-refractivity contribution in [3.63, 3.8) is 0 Å². The van der Waals surface area contributed by atoms with Gasteiger partial charge in [0.25, 0.3) is 6.43 Å². The Morgan fingerprint density at radius 1 is 1.60 bits per heavy atom. The molecule has 82 valence electrons. The Morgan fingerprint density at radius 3 is 2.67 bits per heavy atom. The van der Waals surface area contributed by atoms with Crippen LogP contribution in [0.2, 0.25) is 5.15 Å². The molecule has 0 aliphatic rings. The summed E-state index contributed by atoms with van der Waals surface area (Å²) >= 11 is 5.52. The van der Waals surface area contributed by atoms with Gasteiger partial charge in [0.15, 0.2) is 0 Å². The van der Waals surface area contributed by atoms with Crippen molar-refractivity contribution in [3.8, 4) is 0 Å². The standard InChI is InChI=1S/C9H8ClF2NO2/c1-4-3-5(10)13-7(8(11)12)6(4)9(14)15-2/h3,8H,1-2H3. The summed E-state index contributed by atoms with van der Waals surface area (Å²) in [6, 6.07) is 1.33. The summed E-state index contributed by atoms with van der Waals surface area (Å²) in [6.07, 6.45) is -2.86. The van der Waals surface area contributed by atoms with Crippen LogP contribution in [0, 0.1) is 6.92 Å². The van der Waals surface area contributed by atoms with E-state index in [1.165, 1.54) is 13.0 Å². The van der Waals surface area contributed by atoms with Crippen LogP contribution in [0.5, 0.6) is 0 Å². The van der Waals surface area contributed by atoms with Crippen LogP contribution >= 0.6 is 11.6 Å². The Morgan fingerprint density at radius 2 is 2.20 bits per heavy atom. The van der Waals surface area contributed by atoms with Crippen LogP contribution < -0.4 is 0 Å². The van der Waals surface area contributed by atoms with Gasteiger partial charge in [-0.3, -0.25) is 0 Å². The zero-order valence-electron chi connectivity index (χ0n) is 8.05. The molecule has 0 radical (unpaired) electrons. The van der Waals surface area contributed by atoms with Gasteiger partial charge >= 0.3 is 5.97 Å². The van der Waals surface area contributed by atoms with Crippen molar-refractivity contribution in [3.05, 3.63) is 28.0 Å². The quantitative estimate of drug-likeness (QED) is 0.585. The van der Waals surface area contributed by atoms with Gasteiger partial charge in [-0.2, -0.15) is 0 Å². The molecular formula is C9H8ClF2NO2. The lowest BCUT2D eigenvalue weighted by molar-refractivity contribution is 0.0586. The van der Waals surface area contributed by atoms with E-state index in [1.807, 2.05) is 0 Å². The van der Waals surface area contributed by atoms with E-state index in [0.29, 0.717) is 5.56 Å². The monoisotopic (exact) mass is 235 g/mol. The second-order valence-electron chi connectivity index (χ2n) is 2.81. The van der Waals surface area contributed by atoms with E-state index >= 15 is 0 Å². The minimum Gasteiger partial charge on any atom is -0.465 e. The summed E-state index contributed by atoms with van der Waals surface area (Å²) in [5, 5.41) is -0.0737. The van der Waals surface area contributed by atoms with Crippen molar-refractivity contribution < 1.29 is 18.3 Å². The highest BCUT2D eigenvalue weighted by atomic mass is 35.5. The number of aryl methyl sites for hydroxylation is 1. The minimum absolute atomic E-state index is 0.0737. The van der Waals surface area contributed by atoms with Gasteiger partial charge in [-0.05, 0) is 18.6 Å². The molecule has 1 aromatic heterocycles. The molecule has 3 nitrogen and oxygen atoms in total. The first-order valence-electron chi connectivity index (χ1n) is 4.01. The highest BCUT2D eigenvalue weighted by Crippen LogP contribution is 2.26. The van der Waals surface area contributed by atoms with Gasteiger partial charge in [-0.25, -0.2) is 18.6 Å². The van der Waals surface area contributed by atoms with Gasteiger partial charge in [-0.15, -0.1) is 0 Å². The zero-order valence-corrected chi connectivity index (χ0v) is 8.81. The van der Waals surface area contributed by atoms with Crippen molar-refractivity contribution >= 4 is 17.6 Å². The summed E-state index contributed by atoms with van der Waals surface area (Å²) in [7, 11) is 1.12. The van der Waals surface area contributed by atoms with E-state index in [9.17, 15) is 13.6 Å². The predicted molar refractivity (Wildman–Crippen MR) is 50.3 cm³/mol. The van der Waals surface area contributed by atoms with Crippen LogP contribution in [0.3, 0.4) is 0 Å². The molecule has 0 bridgehead atoms. The zero-order chi connectivity index (χ0) is 11.6. The first kappa shape index (κ1) is 11.8. The Balaban J connectivity index is 3.40. The van der Waals surface area contributed by atoms with Crippen molar-refractivity contribution in [2.24, 2.45) is 0 Å². The van der Waals surface area contributed by atoms with E-state index in [2.05, 4.69) is 9.72 Å². The van der Waals surface area contributed by atoms with Gasteiger partial charge in [-0.1, -0.05) is 11.6 Å². The molecule has 0 fully saturated rings. The molecule has 0 atom stereocenters. The lowest BCUT2D eigenvalue weighted by atomic mass is 10.1. The third kappa shape index (κ3) is 2.41. The SMILES string of the molecule is COC(=O)c1c(C)cc(Cl)nc1C(F)F. The maximum absolute atomic E-state index is 12.6. The number of methoxy groups -OCH3 is 1. The third-order valence-corrected chi connectivity index (χ3v) is 2.00. The summed E-state index contributed by atoms with van der Waals surface area (Å²) < 4.78 is 29.5. The highest BCUT2D eigenvalue weighted by Gasteiger charge is 2.23. The third-order valence-electron chi connectivity index (χ3n) is 1.81. The van der Waals surface area contributed by atoms with E-state index < -0.39 is 18.1 Å². The number of aromatic nitrogens is 1. The molecule has 0 saturated heterocycles. The smallest absolute Gasteiger partial charge is 0.340 e. The first-order valence-corrected chi connectivity index (χ1v) is 4.38. The first-order chi connectivity index (χ1) is 6.97. The number of halogens is 3. The molecule has 0 aliphatic heterocycles. The Kier molecular flexibility index (Phi) is 3.57. The maximum Gasteiger partial charge on any atom is 0.340 e. The van der Waals surface area contributed by atoms with Gasteiger partial charge in [0.2, 0.25) is 0 Å². The fraction of sp³-hybridized carbons (Fsp3) is 0.333. The molecule has 0 unspecified atom stereocenters. The Bertz CT molecular complexity index is 396. The molecule has 0 aromatic carbocycles. The molecule has 6 heteroatoms. The van der Waals surface area contributed by atoms with E-state index in [-0.39, 0.29) is 10.7 Å². The molecule has 1 aromatic rings. The normalized spacial score (nSPS) is 10.5. The second kappa shape index (κ2) is 4.53. The number of alkyl halides is 2. The number of hydrogen-bond acceptors (Lipinski definition) is 3. The van der Waals surface area contributed by atoms with Crippen molar-refractivity contribution in [1.29, 1.82) is 0 Å². The molecule has 0 saturated carbocycles. The average molecular weight is 236 g/mol. The number of pyridine rings is 1. The topological polar surface area (TPSA) is 39.2 Å². The van der Waals surface area contributed by atoms with Crippen LogP contribution in [-0.4, -0.2) is 18.1 Å². The van der Waals surface area contributed by atoms with Gasteiger partial charge in [0.1, 0.15) is 10.8 Å². The van der Waals surface area contributed by atoms with Crippen LogP contribution in [-0.2, 0) is 4.74 Å². The molecule has 1 rings (SSSR count). The number of carbonyl (C=O) groups is 1. The molecule has 0 spiro atoms. The van der Waals surface area contributed by atoms with Crippen LogP contribution in [0.25, 0.3) is 0 Å². The second-order valence-corrected chi connectivity index (χ2v) is 3.20. The molecule has 1 heterocycles. The Labute approximate surface area is 90.0 Å². The van der Waals surface area contributed by atoms with Crippen LogP contribution in [0.1, 0.15) is 28.0 Å². The Hall–Kier alpha value is -1.23. The van der Waals surface area contributed by atoms with Gasteiger partial charge in [0.05, 0.1) is 12.7 Å². The number of ether oxygens (including phenoxy) is 1. The molecule has 15 heavy (non-hydrogen) atoms. The van der Waals surface area contributed by atoms with Crippen molar-refractivity contribution in [2.45, 2.75) is 13.3 Å². The summed E-state index contributed by atoms with van der Waals surface area (Å²) in [4.78, 5) is 14.6. The number of hydrogen-bond donors (Lipinski definition) is 0. The fourth-order valence-corrected chi connectivity index (χ4v) is 1.44. The molecule has 0 aliphatic carbocycles. The molecular weight excluding hydrogens is 228 g/mol. The van der Waals surface area contributed by atoms with Crippen LogP contribution in [0.15, 0.2) is 6.07 Å². The molecule has 0 amide bonds. The van der Waals surface area contributed by atoms with Crippen LogP contribution in [0.4, 0.5) is 8.78 Å². The van der Waals surface area contributed by atoms with E-state index in [4.69, 9.17) is 11.6 Å². The maximum atomic E-state index is 12.6. The lowest BCUT2D eigenvalue weighted by Crippen LogP contribution is -2.10. The number of nitrogens with zero attached hydrogens (tertiary/aromatic N) is 1. The highest BCUT2D eigenvalue weighted by molar-refractivity contribution is 6.29. The van der Waals surface area contributed by atoms with Crippen molar-refractivity contribution in [2.75, 3.05) is 7.11 Å². The average Bonchev–Trinajstić information content (AvgIpc) is 2.15. The van der Waals surface area contributed by atoms with E-state index in [1.54, 1.807) is 0 Å². The number of esters is 1. The van der Waals surface area contributed by atoms with Crippen molar-refractivity contribution in [1.82, 2.24) is 4.98 Å². The number of carbonyl (C=O) groups excluding carboxylic acids is 1. The largest absolute Gasteiger partial charge is 0.465 e. The minimum atomic E-state index is -2.86. The summed E-state index contributed by atoms with van der Waals surface area (Å²) in [5.74, 6) is -0.841. The van der Waals surface area contributed by atoms with Gasteiger partial charge < -0.3 is 4.74 Å². The number of rotatable bonds is 2. The fourth-order valence-electron chi connectivity index (χ4n) is 1.18. The summed E-state index contributed by atoms with van der Waals surface area (Å²) in [6.45, 7) is 1.49. The van der Waals surface area contributed by atoms with E-state index in [0.717, 1.165) is 7.11 Å². The molecule has 0 N–H and O–H groups in total. The summed E-state index contributed by atoms with van der Waals surface area (Å²) in [5.41, 5.74) is -0.555.